The molecule has 0 amide bonds. The molecule has 0 bridgehead atoms. The van der Waals surface area contributed by atoms with Crippen molar-refractivity contribution in [1.82, 2.24) is 10.4 Å². The zero-order valence-electron chi connectivity index (χ0n) is 15.8. The van der Waals surface area contributed by atoms with Crippen molar-refractivity contribution in [2.45, 2.75) is 83.4 Å². The smallest absolute Gasteiger partial charge is 0.307 e. The number of hydrogen-bond acceptors (Lipinski definition) is 5. The Morgan fingerprint density at radius 1 is 1.33 bits per heavy atom. The van der Waals surface area contributed by atoms with Crippen LogP contribution in [0.4, 0.5) is 0 Å². The number of alkyl halides is 1. The van der Waals surface area contributed by atoms with Gasteiger partial charge in [-0.2, -0.15) is 0 Å². The minimum Gasteiger partial charge on any atom is -0.460 e. The molecule has 0 aromatic heterocycles. The molecule has 1 aliphatic rings. The zero-order chi connectivity index (χ0) is 18.0. The van der Waals surface area contributed by atoms with E-state index in [2.05, 4.69) is 33.0 Å². The second-order valence-corrected chi connectivity index (χ2v) is 8.68. The van der Waals surface area contributed by atoms with E-state index in [1.807, 2.05) is 20.8 Å². The van der Waals surface area contributed by atoms with Crippen LogP contribution in [0.25, 0.3) is 0 Å². The van der Waals surface area contributed by atoms with Gasteiger partial charge in [0, 0.05) is 25.7 Å². The van der Waals surface area contributed by atoms with Crippen LogP contribution in [0.3, 0.4) is 0 Å². The lowest BCUT2D eigenvalue weighted by Gasteiger charge is -2.30. The maximum absolute atomic E-state index is 12.2. The van der Waals surface area contributed by atoms with Gasteiger partial charge in [0.25, 0.3) is 0 Å². The van der Waals surface area contributed by atoms with Crippen molar-refractivity contribution >= 4 is 28.6 Å². The monoisotopic (exact) mass is 454 g/mol. The van der Waals surface area contributed by atoms with Gasteiger partial charge in [-0.05, 0) is 50.9 Å². The van der Waals surface area contributed by atoms with Gasteiger partial charge in [0.15, 0.2) is 0 Å². The molecule has 0 aliphatic carbocycles. The lowest BCUT2D eigenvalue weighted by Crippen LogP contribution is -2.49. The van der Waals surface area contributed by atoms with Crippen molar-refractivity contribution in [3.63, 3.8) is 0 Å². The van der Waals surface area contributed by atoms with Crippen molar-refractivity contribution in [3.05, 3.63) is 0 Å². The van der Waals surface area contributed by atoms with Gasteiger partial charge in [-0.3, -0.25) is 10.2 Å². The molecule has 0 aromatic rings. The largest absolute Gasteiger partial charge is 0.460 e. The summed E-state index contributed by atoms with van der Waals surface area (Å²) in [5.74, 6) is -0.114. The summed E-state index contributed by atoms with van der Waals surface area (Å²) in [7, 11) is 1.75. The van der Waals surface area contributed by atoms with Gasteiger partial charge in [0.1, 0.15) is 5.60 Å². The van der Waals surface area contributed by atoms with Gasteiger partial charge < -0.3 is 9.47 Å². The van der Waals surface area contributed by atoms with E-state index in [1.165, 1.54) is 23.7 Å². The zero-order valence-corrected chi connectivity index (χ0v) is 17.9. The van der Waals surface area contributed by atoms with Gasteiger partial charge >= 0.3 is 5.97 Å². The number of carbonyl (C=O) groups excluding carboxylic acids is 1. The Morgan fingerprint density at radius 2 is 2.08 bits per heavy atom. The third-order valence-electron chi connectivity index (χ3n) is 4.10. The summed E-state index contributed by atoms with van der Waals surface area (Å²) in [5.41, 5.74) is 3.17. The number of halogens is 1. The summed E-state index contributed by atoms with van der Waals surface area (Å²) in [6.07, 6.45) is 7.37. The Hall–Kier alpha value is 0.0800. The second kappa shape index (κ2) is 11.6. The summed E-state index contributed by atoms with van der Waals surface area (Å²) < 4.78 is 12.0. The average molecular weight is 454 g/mol. The molecule has 1 N–H and O–H groups in total. The number of nitrogens with zero attached hydrogens (tertiary/aromatic N) is 1. The molecule has 1 heterocycles. The van der Waals surface area contributed by atoms with Crippen LogP contribution in [0.2, 0.25) is 0 Å². The molecule has 2 atom stereocenters. The normalized spacial score (nSPS) is 20.3. The highest BCUT2D eigenvalue weighted by atomic mass is 127. The first-order valence-electron chi connectivity index (χ1n) is 9.15. The van der Waals surface area contributed by atoms with Gasteiger partial charge in [-0.1, -0.05) is 35.4 Å². The average Bonchev–Trinajstić information content (AvgIpc) is 2.89. The number of unbranched alkanes of at least 4 members (excludes halogenated alkanes) is 2. The van der Waals surface area contributed by atoms with Crippen molar-refractivity contribution in [2.24, 2.45) is 0 Å². The molecular weight excluding hydrogens is 419 g/mol. The first-order chi connectivity index (χ1) is 11.4. The number of ether oxygens (including phenoxy) is 2. The molecule has 0 saturated carbocycles. The number of hydrogen-bond donors (Lipinski definition) is 1. The molecule has 0 unspecified atom stereocenters. The molecule has 24 heavy (non-hydrogen) atoms. The molecular formula is C18H35IN2O3. The molecule has 142 valence electrons. The number of nitrogens with one attached hydrogen (secondary N) is 1. The van der Waals surface area contributed by atoms with Gasteiger partial charge in [0.05, 0.1) is 13.0 Å². The van der Waals surface area contributed by atoms with Crippen molar-refractivity contribution in [3.8, 4) is 0 Å². The van der Waals surface area contributed by atoms with E-state index in [-0.39, 0.29) is 12.0 Å². The molecule has 0 spiro atoms. The number of rotatable bonds is 11. The summed E-state index contributed by atoms with van der Waals surface area (Å²) in [5, 5.41) is 2.27. The summed E-state index contributed by atoms with van der Waals surface area (Å²) in [4.78, 5) is 12.2. The van der Waals surface area contributed by atoms with Crippen LogP contribution < -0.4 is 5.43 Å². The van der Waals surface area contributed by atoms with E-state index < -0.39 is 5.60 Å². The van der Waals surface area contributed by atoms with Crippen LogP contribution >= 0.6 is 22.6 Å². The highest BCUT2D eigenvalue weighted by Crippen LogP contribution is 2.18. The molecule has 1 saturated heterocycles. The molecule has 0 radical (unpaired) electrons. The Morgan fingerprint density at radius 3 is 2.71 bits per heavy atom. The highest BCUT2D eigenvalue weighted by Gasteiger charge is 2.28. The lowest BCUT2D eigenvalue weighted by molar-refractivity contribution is -0.155. The second-order valence-electron chi connectivity index (χ2n) is 7.60. The third kappa shape index (κ3) is 9.53. The van der Waals surface area contributed by atoms with Gasteiger partial charge in [-0.25, -0.2) is 5.01 Å². The number of carbonyl (C=O) groups is 1. The summed E-state index contributed by atoms with van der Waals surface area (Å²) in [6.45, 7) is 7.52. The van der Waals surface area contributed by atoms with E-state index in [1.54, 1.807) is 7.11 Å². The predicted molar refractivity (Wildman–Crippen MR) is 106 cm³/mol. The SMILES string of the molecule is COC[C@@H]1CCCN1N[C@@H](CCCCCI)CC(=O)OC(C)(C)C. The van der Waals surface area contributed by atoms with Crippen LogP contribution in [0.5, 0.6) is 0 Å². The van der Waals surface area contributed by atoms with Gasteiger partial charge in [0.2, 0.25) is 0 Å². The van der Waals surface area contributed by atoms with E-state index >= 15 is 0 Å². The number of methoxy groups -OCH3 is 1. The fourth-order valence-corrected chi connectivity index (χ4v) is 3.60. The maximum atomic E-state index is 12.2. The van der Waals surface area contributed by atoms with Crippen LogP contribution in [0, 0.1) is 0 Å². The maximum Gasteiger partial charge on any atom is 0.307 e. The molecule has 5 nitrogen and oxygen atoms in total. The van der Waals surface area contributed by atoms with Crippen molar-refractivity contribution in [1.29, 1.82) is 0 Å². The Bertz CT molecular complexity index is 361. The fraction of sp³-hybridized carbons (Fsp3) is 0.944. The molecule has 1 rings (SSSR count). The summed E-state index contributed by atoms with van der Waals surface area (Å²) in [6, 6.07) is 0.553. The minimum atomic E-state index is -0.422. The fourth-order valence-electron chi connectivity index (χ4n) is 3.06. The van der Waals surface area contributed by atoms with E-state index in [9.17, 15) is 4.79 Å². The first kappa shape index (κ1) is 22.1. The third-order valence-corrected chi connectivity index (χ3v) is 4.87. The quantitative estimate of drug-likeness (QED) is 0.223. The topological polar surface area (TPSA) is 50.8 Å². The van der Waals surface area contributed by atoms with Crippen LogP contribution in [0.15, 0.2) is 0 Å². The van der Waals surface area contributed by atoms with E-state index in [4.69, 9.17) is 9.47 Å². The summed E-state index contributed by atoms with van der Waals surface area (Å²) >= 11 is 2.42. The van der Waals surface area contributed by atoms with Crippen molar-refractivity contribution < 1.29 is 14.3 Å². The van der Waals surface area contributed by atoms with Crippen molar-refractivity contribution in [2.75, 3.05) is 24.7 Å². The highest BCUT2D eigenvalue weighted by molar-refractivity contribution is 14.1. The number of esters is 1. The molecule has 6 heteroatoms. The predicted octanol–water partition coefficient (Wildman–Crippen LogP) is 3.70. The Kier molecular flexibility index (Phi) is 10.7. The standard InChI is InChI=1S/C18H35IN2O3/c1-18(2,3)24-17(22)13-15(9-6-5-7-11-19)20-21-12-8-10-16(21)14-23-4/h15-16,20H,5-14H2,1-4H3/t15-,16-/m0/s1. The van der Waals surface area contributed by atoms with Crippen LogP contribution in [-0.2, 0) is 14.3 Å². The first-order valence-corrected chi connectivity index (χ1v) is 10.7. The van der Waals surface area contributed by atoms with E-state index in [0.29, 0.717) is 12.5 Å². The van der Waals surface area contributed by atoms with Gasteiger partial charge in [-0.15, -0.1) is 0 Å². The molecule has 1 fully saturated rings. The number of hydrazine groups is 1. The molecule has 0 aromatic carbocycles. The van der Waals surface area contributed by atoms with E-state index in [0.717, 1.165) is 32.4 Å². The minimum absolute atomic E-state index is 0.114. The lowest BCUT2D eigenvalue weighted by atomic mass is 10.1. The van der Waals surface area contributed by atoms with Crippen LogP contribution in [0.1, 0.15) is 65.7 Å². The van der Waals surface area contributed by atoms with Crippen LogP contribution in [-0.4, -0.2) is 53.4 Å². The Balaban J connectivity index is 2.54. The molecule has 1 aliphatic heterocycles. The Labute approximate surface area is 161 Å².